The fourth-order valence-corrected chi connectivity index (χ4v) is 5.58. The number of methoxy groups -OCH3 is 1. The van der Waals surface area contributed by atoms with E-state index in [2.05, 4.69) is 0 Å². The number of benzene rings is 1. The minimum atomic E-state index is -3.86. The molecule has 1 heterocycles. The van der Waals surface area contributed by atoms with E-state index in [-0.39, 0.29) is 34.4 Å². The topological polar surface area (TPSA) is 94.9 Å². The zero-order valence-electron chi connectivity index (χ0n) is 19.7. The van der Waals surface area contributed by atoms with E-state index in [1.54, 1.807) is 27.0 Å². The van der Waals surface area contributed by atoms with Gasteiger partial charge < -0.3 is 14.0 Å². The highest BCUT2D eigenvalue weighted by Crippen LogP contribution is 2.26. The molecule has 8 nitrogen and oxygen atoms in total. The molecule has 0 aliphatic rings. The first-order chi connectivity index (χ1) is 15.6. The van der Waals surface area contributed by atoms with Crippen molar-refractivity contribution in [3.05, 3.63) is 51.8 Å². The fourth-order valence-electron chi connectivity index (χ4n) is 3.62. The van der Waals surface area contributed by atoms with E-state index in [1.165, 1.54) is 22.5 Å². The first-order valence-electron chi connectivity index (χ1n) is 10.7. The number of esters is 1. The highest BCUT2D eigenvalue weighted by atomic mass is 35.5. The maximum atomic E-state index is 12.8. The maximum Gasteiger partial charge on any atom is 0.338 e. The Morgan fingerprint density at radius 2 is 1.79 bits per heavy atom. The van der Waals surface area contributed by atoms with E-state index >= 15 is 0 Å². The lowest BCUT2D eigenvalue weighted by Crippen LogP contribution is -2.31. The predicted molar refractivity (Wildman–Crippen MR) is 127 cm³/mol. The van der Waals surface area contributed by atoms with Crippen LogP contribution in [0.1, 0.15) is 52.4 Å². The molecule has 33 heavy (non-hydrogen) atoms. The molecule has 0 bridgehead atoms. The number of ether oxygens (including phenoxy) is 2. The summed E-state index contributed by atoms with van der Waals surface area (Å²) < 4.78 is 39.2. The average Bonchev–Trinajstić information content (AvgIpc) is 3.06. The third-order valence-corrected chi connectivity index (χ3v) is 7.96. The van der Waals surface area contributed by atoms with Gasteiger partial charge in [0.05, 0.1) is 10.6 Å². The Balaban J connectivity index is 2.16. The second kappa shape index (κ2) is 11.8. The molecule has 0 saturated carbocycles. The summed E-state index contributed by atoms with van der Waals surface area (Å²) in [7, 11) is -2.22. The number of halogens is 1. The molecule has 1 aromatic heterocycles. The number of carbonyl (C=O) groups excluding carboxylic acids is 2. The number of hydrogen-bond donors (Lipinski definition) is 0. The van der Waals surface area contributed by atoms with Crippen molar-refractivity contribution in [1.29, 1.82) is 0 Å². The van der Waals surface area contributed by atoms with Crippen LogP contribution in [0.5, 0.6) is 0 Å². The number of nitrogens with zero attached hydrogens (tertiary/aromatic N) is 2. The van der Waals surface area contributed by atoms with Gasteiger partial charge in [0.2, 0.25) is 15.8 Å². The van der Waals surface area contributed by atoms with Crippen molar-refractivity contribution in [3.8, 4) is 0 Å². The Bertz CT molecular complexity index is 1110. The Morgan fingerprint density at radius 3 is 2.39 bits per heavy atom. The van der Waals surface area contributed by atoms with Gasteiger partial charge in [-0.1, -0.05) is 25.4 Å². The van der Waals surface area contributed by atoms with Crippen LogP contribution in [0.25, 0.3) is 0 Å². The molecule has 0 unspecified atom stereocenters. The van der Waals surface area contributed by atoms with Gasteiger partial charge >= 0.3 is 5.97 Å². The van der Waals surface area contributed by atoms with Gasteiger partial charge in [-0.2, -0.15) is 4.31 Å². The van der Waals surface area contributed by atoms with E-state index in [9.17, 15) is 18.0 Å². The lowest BCUT2D eigenvalue weighted by molar-refractivity contribution is 0.0474. The molecule has 0 aliphatic carbocycles. The molecule has 182 valence electrons. The summed E-state index contributed by atoms with van der Waals surface area (Å²) in [6.45, 7) is 8.59. The van der Waals surface area contributed by atoms with Crippen LogP contribution in [0.4, 0.5) is 0 Å². The van der Waals surface area contributed by atoms with Crippen LogP contribution < -0.4 is 0 Å². The van der Waals surface area contributed by atoms with Crippen molar-refractivity contribution < 1.29 is 27.5 Å². The predicted octanol–water partition coefficient (Wildman–Crippen LogP) is 3.87. The van der Waals surface area contributed by atoms with Gasteiger partial charge in [-0.3, -0.25) is 4.79 Å². The van der Waals surface area contributed by atoms with Gasteiger partial charge in [0, 0.05) is 50.3 Å². The van der Waals surface area contributed by atoms with E-state index in [0.717, 1.165) is 17.8 Å². The van der Waals surface area contributed by atoms with E-state index < -0.39 is 22.6 Å². The smallest absolute Gasteiger partial charge is 0.338 e. The molecule has 1 aromatic carbocycles. The number of carbonyl (C=O) groups is 2. The number of ketones is 1. The maximum absolute atomic E-state index is 12.8. The summed E-state index contributed by atoms with van der Waals surface area (Å²) in [4.78, 5) is 25.1. The zero-order valence-corrected chi connectivity index (χ0v) is 21.3. The number of rotatable bonds is 12. The summed E-state index contributed by atoms with van der Waals surface area (Å²) in [5, 5.41) is 0.00967. The summed E-state index contributed by atoms with van der Waals surface area (Å²) >= 11 is 6.11. The molecule has 0 radical (unpaired) electrons. The van der Waals surface area contributed by atoms with Gasteiger partial charge in [0.1, 0.15) is 4.90 Å². The monoisotopic (exact) mass is 498 g/mol. The summed E-state index contributed by atoms with van der Waals surface area (Å²) in [6.07, 6.45) is 0.810. The van der Waals surface area contributed by atoms with Crippen LogP contribution >= 0.6 is 11.6 Å². The SMILES string of the molecule is CCN(CC)S(=O)(=O)c1cc(C(=O)OCC(=O)c2cc(C)n(CCCOC)c2C)ccc1Cl. The molecule has 10 heteroatoms. The Hall–Kier alpha value is -2.20. The number of aromatic nitrogens is 1. The van der Waals surface area contributed by atoms with Gasteiger partial charge in [-0.25, -0.2) is 13.2 Å². The van der Waals surface area contributed by atoms with Crippen LogP contribution in [0, 0.1) is 13.8 Å². The van der Waals surface area contributed by atoms with Crippen molar-refractivity contribution in [3.63, 3.8) is 0 Å². The number of aryl methyl sites for hydroxylation is 1. The van der Waals surface area contributed by atoms with Crippen molar-refractivity contribution in [2.24, 2.45) is 0 Å². The minimum Gasteiger partial charge on any atom is -0.454 e. The van der Waals surface area contributed by atoms with Gasteiger partial charge in [-0.15, -0.1) is 0 Å². The molecule has 0 saturated heterocycles. The quantitative estimate of drug-likeness (QED) is 0.250. The Morgan fingerprint density at radius 1 is 1.12 bits per heavy atom. The van der Waals surface area contributed by atoms with Crippen LogP contribution in [-0.4, -0.2) is 62.5 Å². The molecule has 0 fully saturated rings. The normalized spacial score (nSPS) is 11.7. The molecule has 0 spiro atoms. The molecule has 2 aromatic rings. The fraction of sp³-hybridized carbons (Fsp3) is 0.478. The van der Waals surface area contributed by atoms with Crippen LogP contribution in [0.2, 0.25) is 5.02 Å². The van der Waals surface area contributed by atoms with Crippen molar-refractivity contribution in [2.75, 3.05) is 33.4 Å². The second-order valence-electron chi connectivity index (χ2n) is 7.52. The van der Waals surface area contributed by atoms with Crippen molar-refractivity contribution >= 4 is 33.4 Å². The van der Waals surface area contributed by atoms with Crippen LogP contribution in [-0.2, 0) is 26.0 Å². The number of hydrogen-bond acceptors (Lipinski definition) is 6. The van der Waals surface area contributed by atoms with E-state index in [4.69, 9.17) is 21.1 Å². The summed E-state index contributed by atoms with van der Waals surface area (Å²) in [5.74, 6) is -1.13. The molecule has 0 aliphatic heterocycles. The highest BCUT2D eigenvalue weighted by Gasteiger charge is 2.26. The second-order valence-corrected chi connectivity index (χ2v) is 9.83. The van der Waals surface area contributed by atoms with Crippen molar-refractivity contribution in [1.82, 2.24) is 8.87 Å². The Kier molecular flexibility index (Phi) is 9.66. The van der Waals surface area contributed by atoms with Crippen LogP contribution in [0.3, 0.4) is 0 Å². The minimum absolute atomic E-state index is 0.00275. The van der Waals surface area contributed by atoms with Gasteiger partial charge in [0.25, 0.3) is 0 Å². The largest absolute Gasteiger partial charge is 0.454 e. The lowest BCUT2D eigenvalue weighted by atomic mass is 10.1. The zero-order chi connectivity index (χ0) is 24.8. The van der Waals surface area contributed by atoms with E-state index in [1.807, 2.05) is 18.4 Å². The van der Waals surface area contributed by atoms with Gasteiger partial charge in [0.15, 0.2) is 6.61 Å². The molecule has 0 N–H and O–H groups in total. The summed E-state index contributed by atoms with van der Waals surface area (Å²) in [5.41, 5.74) is 2.22. The van der Waals surface area contributed by atoms with Crippen LogP contribution in [0.15, 0.2) is 29.2 Å². The number of Topliss-reactive ketones (excluding diaryl/α,β-unsaturated/α-hetero) is 1. The average molecular weight is 499 g/mol. The lowest BCUT2D eigenvalue weighted by Gasteiger charge is -2.19. The Labute approximate surface area is 200 Å². The summed E-state index contributed by atoms with van der Waals surface area (Å²) in [6, 6.07) is 5.67. The standard InChI is InChI=1S/C23H31ClN2O6S/c1-6-25(7-2)33(29,30)22-14-18(9-10-20(22)24)23(28)32-15-21(27)19-13-16(3)26(17(19)4)11-8-12-31-5/h9-10,13-14H,6-8,11-12,15H2,1-5H3. The third kappa shape index (κ3) is 6.23. The van der Waals surface area contributed by atoms with E-state index in [0.29, 0.717) is 18.7 Å². The first kappa shape index (κ1) is 27.0. The molecule has 0 atom stereocenters. The van der Waals surface area contributed by atoms with Crippen molar-refractivity contribution in [2.45, 2.75) is 45.6 Å². The molecular formula is C23H31ClN2O6S. The highest BCUT2D eigenvalue weighted by molar-refractivity contribution is 7.89. The first-order valence-corrected chi connectivity index (χ1v) is 12.6. The third-order valence-electron chi connectivity index (χ3n) is 5.43. The van der Waals surface area contributed by atoms with Gasteiger partial charge in [-0.05, 0) is 44.5 Å². The molecule has 2 rings (SSSR count). The molecular weight excluding hydrogens is 468 g/mol. The number of sulfonamides is 1. The molecule has 0 amide bonds.